The van der Waals surface area contributed by atoms with Gasteiger partial charge in [-0.3, -0.25) is 10.1 Å². The molecule has 5 nitrogen and oxygen atoms in total. The molecule has 2 aromatic carbocycles. The van der Waals surface area contributed by atoms with E-state index in [-0.39, 0.29) is 12.3 Å². The number of nitro groups is 1. The Morgan fingerprint density at radius 2 is 1.80 bits per heavy atom. The molecular weight excluding hydrogens is 282 g/mol. The smallest absolute Gasteiger partial charge is 0.269 e. The summed E-state index contributed by atoms with van der Waals surface area (Å²) in [5.41, 5.74) is 0.555. The summed E-state index contributed by atoms with van der Waals surface area (Å²) in [5, 5.41) is 11.2. The molecule has 0 bridgehead atoms. The van der Waals surface area contributed by atoms with Gasteiger partial charge in [0.05, 0.1) is 12.0 Å². The number of rotatable bonds is 5. The quantitative estimate of drug-likeness (QED) is 0.621. The highest BCUT2D eigenvalue weighted by atomic mass is 35.5. The number of hydrogen-bond acceptors (Lipinski definition) is 4. The summed E-state index contributed by atoms with van der Waals surface area (Å²) in [6, 6.07) is 11.3. The molecule has 0 heterocycles. The standard InChI is InChI=1S/C14H12ClNO4/c1-19-12-3-5-13(6-4-12)20-9-10-8-11(16(17)18)2-7-14(10)15/h2-8H,9H2,1H3. The molecule has 0 amide bonds. The third-order valence-electron chi connectivity index (χ3n) is 2.69. The maximum absolute atomic E-state index is 10.7. The largest absolute Gasteiger partial charge is 0.497 e. The van der Waals surface area contributed by atoms with Crippen molar-refractivity contribution in [2.24, 2.45) is 0 Å². The Morgan fingerprint density at radius 3 is 2.40 bits per heavy atom. The number of nitrogens with zero attached hydrogens (tertiary/aromatic N) is 1. The van der Waals surface area contributed by atoms with Gasteiger partial charge in [0, 0.05) is 22.7 Å². The number of nitro benzene ring substituents is 1. The minimum absolute atomic E-state index is 0.0114. The van der Waals surface area contributed by atoms with Gasteiger partial charge < -0.3 is 9.47 Å². The number of benzene rings is 2. The summed E-state index contributed by atoms with van der Waals surface area (Å²) >= 11 is 5.99. The molecule has 0 aliphatic heterocycles. The fraction of sp³-hybridized carbons (Fsp3) is 0.143. The van der Waals surface area contributed by atoms with Gasteiger partial charge in [-0.05, 0) is 30.3 Å². The van der Waals surface area contributed by atoms with Gasteiger partial charge in [0.1, 0.15) is 18.1 Å². The van der Waals surface area contributed by atoms with Crippen LogP contribution in [0.2, 0.25) is 5.02 Å². The van der Waals surface area contributed by atoms with Crippen LogP contribution in [-0.2, 0) is 6.61 Å². The number of non-ortho nitro benzene ring substituents is 1. The van der Waals surface area contributed by atoms with Crippen molar-refractivity contribution < 1.29 is 14.4 Å². The predicted molar refractivity (Wildman–Crippen MR) is 75.4 cm³/mol. The highest BCUT2D eigenvalue weighted by Gasteiger charge is 2.10. The van der Waals surface area contributed by atoms with Crippen molar-refractivity contribution in [1.82, 2.24) is 0 Å². The van der Waals surface area contributed by atoms with E-state index >= 15 is 0 Å². The Labute approximate surface area is 120 Å². The van der Waals surface area contributed by atoms with Gasteiger partial charge in [-0.25, -0.2) is 0 Å². The summed E-state index contributed by atoms with van der Waals surface area (Å²) in [5.74, 6) is 1.36. The van der Waals surface area contributed by atoms with Gasteiger partial charge in [0.2, 0.25) is 0 Å². The third-order valence-corrected chi connectivity index (χ3v) is 3.06. The van der Waals surface area contributed by atoms with E-state index in [2.05, 4.69) is 0 Å². The maximum atomic E-state index is 10.7. The van der Waals surface area contributed by atoms with Crippen LogP contribution in [0.5, 0.6) is 11.5 Å². The van der Waals surface area contributed by atoms with Crippen LogP contribution in [0.25, 0.3) is 0 Å². The Hall–Kier alpha value is -2.27. The summed E-state index contributed by atoms with van der Waals surface area (Å²) in [6.45, 7) is 0.160. The first kappa shape index (κ1) is 14.1. The van der Waals surface area contributed by atoms with E-state index in [1.807, 2.05) is 0 Å². The molecule has 6 heteroatoms. The second-order valence-corrected chi connectivity index (χ2v) is 4.40. The molecule has 0 aliphatic rings. The number of halogens is 1. The summed E-state index contributed by atoms with van der Waals surface area (Å²) < 4.78 is 10.6. The van der Waals surface area contributed by atoms with Gasteiger partial charge in [-0.2, -0.15) is 0 Å². The topological polar surface area (TPSA) is 61.6 Å². The molecule has 0 spiro atoms. The van der Waals surface area contributed by atoms with Crippen molar-refractivity contribution in [3.8, 4) is 11.5 Å². The number of hydrogen-bond donors (Lipinski definition) is 0. The lowest BCUT2D eigenvalue weighted by Gasteiger charge is -2.08. The summed E-state index contributed by atoms with van der Waals surface area (Å²) in [7, 11) is 1.58. The lowest BCUT2D eigenvalue weighted by molar-refractivity contribution is -0.384. The molecule has 0 aliphatic carbocycles. The molecule has 0 radical (unpaired) electrons. The predicted octanol–water partition coefficient (Wildman–Crippen LogP) is 3.84. The number of ether oxygens (including phenoxy) is 2. The van der Waals surface area contributed by atoms with Crippen molar-refractivity contribution in [2.75, 3.05) is 7.11 Å². The summed E-state index contributed by atoms with van der Waals surface area (Å²) in [4.78, 5) is 10.3. The van der Waals surface area contributed by atoms with Crippen LogP contribution < -0.4 is 9.47 Å². The van der Waals surface area contributed by atoms with Crippen molar-refractivity contribution in [1.29, 1.82) is 0 Å². The zero-order chi connectivity index (χ0) is 14.5. The monoisotopic (exact) mass is 293 g/mol. The lowest BCUT2D eigenvalue weighted by Crippen LogP contribution is -1.98. The van der Waals surface area contributed by atoms with E-state index < -0.39 is 4.92 Å². The first-order valence-corrected chi connectivity index (χ1v) is 6.17. The SMILES string of the molecule is COc1ccc(OCc2cc([N+](=O)[O-])ccc2Cl)cc1. The van der Waals surface area contributed by atoms with Crippen LogP contribution in [0.15, 0.2) is 42.5 Å². The zero-order valence-electron chi connectivity index (χ0n) is 10.7. The molecule has 2 rings (SSSR count). The molecule has 0 saturated carbocycles. The van der Waals surface area contributed by atoms with Gasteiger partial charge in [-0.1, -0.05) is 11.6 Å². The van der Waals surface area contributed by atoms with E-state index in [1.165, 1.54) is 18.2 Å². The Balaban J connectivity index is 2.09. The first-order chi connectivity index (χ1) is 9.60. The Kier molecular flexibility index (Phi) is 4.42. The molecule has 0 unspecified atom stereocenters. The van der Waals surface area contributed by atoms with E-state index in [0.717, 1.165) is 5.75 Å². The van der Waals surface area contributed by atoms with Crippen molar-refractivity contribution in [3.05, 3.63) is 63.2 Å². The molecule has 20 heavy (non-hydrogen) atoms. The zero-order valence-corrected chi connectivity index (χ0v) is 11.5. The molecular formula is C14H12ClNO4. The van der Waals surface area contributed by atoms with Gasteiger partial charge in [0.25, 0.3) is 5.69 Å². The van der Waals surface area contributed by atoms with E-state index in [1.54, 1.807) is 31.4 Å². The Morgan fingerprint density at radius 1 is 1.15 bits per heavy atom. The van der Waals surface area contributed by atoms with E-state index in [4.69, 9.17) is 21.1 Å². The van der Waals surface area contributed by atoms with Crippen LogP contribution in [0.4, 0.5) is 5.69 Å². The van der Waals surface area contributed by atoms with Gasteiger partial charge in [0.15, 0.2) is 0 Å². The highest BCUT2D eigenvalue weighted by Crippen LogP contribution is 2.24. The van der Waals surface area contributed by atoms with E-state index in [9.17, 15) is 10.1 Å². The van der Waals surface area contributed by atoms with Crippen LogP contribution in [0.3, 0.4) is 0 Å². The van der Waals surface area contributed by atoms with Gasteiger partial charge >= 0.3 is 0 Å². The molecule has 104 valence electrons. The minimum atomic E-state index is -0.465. The normalized spacial score (nSPS) is 10.1. The summed E-state index contributed by atoms with van der Waals surface area (Å²) in [6.07, 6.45) is 0. The maximum Gasteiger partial charge on any atom is 0.269 e. The van der Waals surface area contributed by atoms with E-state index in [0.29, 0.717) is 16.3 Å². The first-order valence-electron chi connectivity index (χ1n) is 5.80. The highest BCUT2D eigenvalue weighted by molar-refractivity contribution is 6.31. The van der Waals surface area contributed by atoms with Crippen LogP contribution in [0, 0.1) is 10.1 Å². The van der Waals surface area contributed by atoms with Crippen molar-refractivity contribution >= 4 is 17.3 Å². The second kappa shape index (κ2) is 6.25. The fourth-order valence-electron chi connectivity index (χ4n) is 1.62. The average Bonchev–Trinajstić information content (AvgIpc) is 2.46. The average molecular weight is 294 g/mol. The van der Waals surface area contributed by atoms with Crippen LogP contribution >= 0.6 is 11.6 Å². The molecule has 0 aromatic heterocycles. The molecule has 0 saturated heterocycles. The third kappa shape index (κ3) is 3.39. The van der Waals surface area contributed by atoms with Crippen LogP contribution in [0.1, 0.15) is 5.56 Å². The lowest BCUT2D eigenvalue weighted by atomic mass is 10.2. The molecule has 2 aromatic rings. The molecule has 0 atom stereocenters. The molecule has 0 N–H and O–H groups in total. The second-order valence-electron chi connectivity index (χ2n) is 4.00. The molecule has 0 fully saturated rings. The van der Waals surface area contributed by atoms with Gasteiger partial charge in [-0.15, -0.1) is 0 Å². The minimum Gasteiger partial charge on any atom is -0.497 e. The Bertz CT molecular complexity index is 613. The van der Waals surface area contributed by atoms with Crippen LogP contribution in [-0.4, -0.2) is 12.0 Å². The number of methoxy groups -OCH3 is 1. The van der Waals surface area contributed by atoms with Crippen molar-refractivity contribution in [2.45, 2.75) is 6.61 Å². The fourth-order valence-corrected chi connectivity index (χ4v) is 1.79. The van der Waals surface area contributed by atoms with Crippen molar-refractivity contribution in [3.63, 3.8) is 0 Å².